The molecule has 0 saturated carbocycles. The predicted molar refractivity (Wildman–Crippen MR) is 113 cm³/mol. The number of hydrogen-bond donors (Lipinski definition) is 0. The molecule has 0 amide bonds. The van der Waals surface area contributed by atoms with Crippen LogP contribution in [0.3, 0.4) is 0 Å². The lowest BCUT2D eigenvalue weighted by Crippen LogP contribution is -2.43. The van der Waals surface area contributed by atoms with E-state index in [1.165, 1.54) is 30.3 Å². The number of alkyl halides is 3. The molecule has 30 heavy (non-hydrogen) atoms. The van der Waals surface area contributed by atoms with E-state index in [4.69, 9.17) is 4.74 Å². The Hall–Kier alpha value is -1.85. The molecule has 4 rings (SSSR count). The van der Waals surface area contributed by atoms with E-state index in [0.29, 0.717) is 24.5 Å². The molecule has 0 atom stereocenters. The van der Waals surface area contributed by atoms with Gasteiger partial charge in [-0.25, -0.2) is 7.50 Å². The summed E-state index contributed by atoms with van der Waals surface area (Å²) in [5, 5.41) is 0. The lowest BCUT2D eigenvalue weighted by atomic mass is 9.90. The van der Waals surface area contributed by atoms with Crippen LogP contribution in [0.25, 0.3) is 5.57 Å². The first-order chi connectivity index (χ1) is 14.3. The summed E-state index contributed by atoms with van der Waals surface area (Å²) in [5.74, 6) is -0.213. The zero-order valence-electron chi connectivity index (χ0n) is 15.9. The van der Waals surface area contributed by atoms with Crippen LogP contribution in [-0.4, -0.2) is 53.7 Å². The Morgan fingerprint density at radius 3 is 2.37 bits per heavy atom. The quantitative estimate of drug-likeness (QED) is 0.317. The van der Waals surface area contributed by atoms with Gasteiger partial charge in [-0.2, -0.15) is 0 Å². The molecular weight excluding hydrogens is 515 g/mol. The van der Waals surface area contributed by atoms with Gasteiger partial charge in [0, 0.05) is 61.2 Å². The topological polar surface area (TPSA) is 24.9 Å². The zero-order chi connectivity index (χ0) is 21.3. The van der Waals surface area contributed by atoms with Gasteiger partial charge < -0.3 is 9.47 Å². The predicted octanol–water partition coefficient (Wildman–Crippen LogP) is 4.89. The first kappa shape index (κ1) is 21.4. The minimum atomic E-state index is -4.79. The molecule has 9 heteroatoms. The molecule has 4 nitrogen and oxygen atoms in total. The van der Waals surface area contributed by atoms with Crippen LogP contribution >= 0.6 is 22.9 Å². The number of ether oxygens (including phenoxy) is 2. The summed E-state index contributed by atoms with van der Waals surface area (Å²) in [6.07, 6.45) is -4.79. The van der Waals surface area contributed by atoms with E-state index in [1.54, 1.807) is 12.1 Å². The van der Waals surface area contributed by atoms with Gasteiger partial charge in [-0.05, 0) is 47.0 Å². The molecule has 160 valence electrons. The molecule has 0 bridgehead atoms. The van der Waals surface area contributed by atoms with Crippen LogP contribution in [0.2, 0.25) is 0 Å². The SMILES string of the molecule is Fc1ccc(C2=C(CN3CCN(I)CC3)COc3ccc(OC(F)(F)F)cc32)cc1. The third-order valence-electron chi connectivity index (χ3n) is 5.07. The second-order valence-corrected chi connectivity index (χ2v) is 8.53. The van der Waals surface area contributed by atoms with Crippen molar-refractivity contribution >= 4 is 28.4 Å². The van der Waals surface area contributed by atoms with E-state index in [1.807, 2.05) is 0 Å². The highest BCUT2D eigenvalue weighted by Crippen LogP contribution is 2.40. The van der Waals surface area contributed by atoms with E-state index in [2.05, 4.69) is 35.6 Å². The summed E-state index contributed by atoms with van der Waals surface area (Å²) >= 11 is 2.30. The van der Waals surface area contributed by atoms with Gasteiger partial charge in [0.05, 0.1) is 0 Å². The lowest BCUT2D eigenvalue weighted by Gasteiger charge is -2.34. The molecule has 0 N–H and O–H groups in total. The first-order valence-corrected chi connectivity index (χ1v) is 10.4. The van der Waals surface area contributed by atoms with Crippen molar-refractivity contribution < 1.29 is 27.0 Å². The van der Waals surface area contributed by atoms with Crippen LogP contribution in [0, 0.1) is 5.82 Å². The number of piperazine rings is 1. The number of nitrogens with zero attached hydrogens (tertiary/aromatic N) is 2. The van der Waals surface area contributed by atoms with Crippen molar-refractivity contribution in [2.75, 3.05) is 39.3 Å². The minimum absolute atomic E-state index is 0.316. The van der Waals surface area contributed by atoms with Gasteiger partial charge in [0.2, 0.25) is 0 Å². The van der Waals surface area contributed by atoms with Crippen molar-refractivity contribution in [3.05, 3.63) is 65.0 Å². The van der Waals surface area contributed by atoms with E-state index in [-0.39, 0.29) is 11.6 Å². The molecule has 0 radical (unpaired) electrons. The number of rotatable bonds is 4. The highest BCUT2D eigenvalue weighted by atomic mass is 127. The van der Waals surface area contributed by atoms with Crippen LogP contribution < -0.4 is 9.47 Å². The average molecular weight is 534 g/mol. The summed E-state index contributed by atoms with van der Waals surface area (Å²) in [5.41, 5.74) is 2.95. The lowest BCUT2D eigenvalue weighted by molar-refractivity contribution is -0.274. The standard InChI is InChI=1S/C21H19F4IN2O2/c22-16-3-1-14(2-4-16)20-15(12-27-7-9-28(26)10-8-27)13-29-19-6-5-17(11-18(19)20)30-21(23,24)25/h1-6,11H,7-10,12-13H2. The first-order valence-electron chi connectivity index (χ1n) is 9.42. The van der Waals surface area contributed by atoms with Crippen LogP contribution in [0.15, 0.2) is 48.0 Å². The van der Waals surface area contributed by atoms with E-state index in [0.717, 1.165) is 42.9 Å². The van der Waals surface area contributed by atoms with Gasteiger partial charge in [0.1, 0.15) is 23.9 Å². The van der Waals surface area contributed by atoms with Crippen molar-refractivity contribution in [2.24, 2.45) is 0 Å². The third kappa shape index (κ3) is 5.06. The maximum atomic E-state index is 13.5. The molecule has 2 aromatic carbocycles. The average Bonchev–Trinajstić information content (AvgIpc) is 2.69. The number of hydrogen-bond acceptors (Lipinski definition) is 4. The third-order valence-corrected chi connectivity index (χ3v) is 6.04. The Kier molecular flexibility index (Phi) is 6.21. The largest absolute Gasteiger partial charge is 0.573 e. The number of benzene rings is 2. The molecule has 2 aliphatic rings. The highest BCUT2D eigenvalue weighted by molar-refractivity contribution is 14.1. The fourth-order valence-corrected chi connectivity index (χ4v) is 4.14. The number of halogens is 5. The van der Waals surface area contributed by atoms with E-state index < -0.39 is 6.36 Å². The highest BCUT2D eigenvalue weighted by Gasteiger charge is 2.32. The minimum Gasteiger partial charge on any atom is -0.489 e. The van der Waals surface area contributed by atoms with Gasteiger partial charge in [0.25, 0.3) is 0 Å². The monoisotopic (exact) mass is 534 g/mol. The van der Waals surface area contributed by atoms with Crippen LogP contribution in [0.1, 0.15) is 11.1 Å². The maximum absolute atomic E-state index is 13.5. The molecular formula is C21H19F4IN2O2. The molecule has 0 spiro atoms. The second-order valence-electron chi connectivity index (χ2n) is 7.17. The fourth-order valence-electron chi connectivity index (χ4n) is 3.71. The molecule has 1 fully saturated rings. The summed E-state index contributed by atoms with van der Waals surface area (Å²) in [6.45, 7) is 4.58. The second kappa shape index (κ2) is 8.72. The normalized spacial score (nSPS) is 18.2. The smallest absolute Gasteiger partial charge is 0.489 e. The van der Waals surface area contributed by atoms with Crippen molar-refractivity contribution in [3.8, 4) is 11.5 Å². The molecule has 2 heterocycles. The Balaban J connectivity index is 1.75. The Morgan fingerprint density at radius 1 is 1.00 bits per heavy atom. The Morgan fingerprint density at radius 2 is 1.70 bits per heavy atom. The summed E-state index contributed by atoms with van der Waals surface area (Å²) in [7, 11) is 0. The molecule has 0 unspecified atom stereocenters. The summed E-state index contributed by atoms with van der Waals surface area (Å²) in [4.78, 5) is 2.29. The Bertz CT molecular complexity index is 939. The van der Waals surface area contributed by atoms with E-state index >= 15 is 0 Å². The molecule has 0 aliphatic carbocycles. The van der Waals surface area contributed by atoms with Crippen LogP contribution in [-0.2, 0) is 0 Å². The van der Waals surface area contributed by atoms with E-state index in [9.17, 15) is 17.6 Å². The molecule has 0 aromatic heterocycles. The van der Waals surface area contributed by atoms with Gasteiger partial charge >= 0.3 is 6.36 Å². The van der Waals surface area contributed by atoms with Gasteiger partial charge in [-0.3, -0.25) is 4.90 Å². The van der Waals surface area contributed by atoms with Crippen LogP contribution in [0.5, 0.6) is 11.5 Å². The summed E-state index contributed by atoms with van der Waals surface area (Å²) < 4.78 is 63.9. The summed E-state index contributed by atoms with van der Waals surface area (Å²) in [6, 6.07) is 10.0. The molecule has 1 saturated heterocycles. The van der Waals surface area contributed by atoms with Crippen LogP contribution in [0.4, 0.5) is 17.6 Å². The van der Waals surface area contributed by atoms with Crippen molar-refractivity contribution in [1.82, 2.24) is 8.01 Å². The van der Waals surface area contributed by atoms with Gasteiger partial charge in [-0.1, -0.05) is 12.1 Å². The number of fused-ring (bicyclic) bond motifs is 1. The van der Waals surface area contributed by atoms with Gasteiger partial charge in [-0.15, -0.1) is 13.2 Å². The van der Waals surface area contributed by atoms with Gasteiger partial charge in [0.15, 0.2) is 0 Å². The Labute approximate surface area is 185 Å². The zero-order valence-corrected chi connectivity index (χ0v) is 18.0. The van der Waals surface area contributed by atoms with Crippen molar-refractivity contribution in [3.63, 3.8) is 0 Å². The van der Waals surface area contributed by atoms with Crippen molar-refractivity contribution in [1.29, 1.82) is 0 Å². The fraction of sp³-hybridized carbons (Fsp3) is 0.333. The molecule has 2 aliphatic heterocycles. The molecule has 2 aromatic rings. The van der Waals surface area contributed by atoms with Crippen molar-refractivity contribution in [2.45, 2.75) is 6.36 Å². The maximum Gasteiger partial charge on any atom is 0.573 e.